The third-order valence-corrected chi connectivity index (χ3v) is 4.19. The highest BCUT2D eigenvalue weighted by molar-refractivity contribution is 5.81. The van der Waals surface area contributed by atoms with E-state index in [0.29, 0.717) is 19.4 Å². The second kappa shape index (κ2) is 9.75. The number of hydrogen-bond donors (Lipinski definition) is 2. The van der Waals surface area contributed by atoms with E-state index in [1.54, 1.807) is 6.20 Å². The van der Waals surface area contributed by atoms with Crippen molar-refractivity contribution in [2.24, 2.45) is 0 Å². The van der Waals surface area contributed by atoms with E-state index in [4.69, 9.17) is 9.84 Å². The smallest absolute Gasteiger partial charge is 0.323 e. The Bertz CT molecular complexity index is 785. The van der Waals surface area contributed by atoms with Crippen LogP contribution in [-0.2, 0) is 22.6 Å². The summed E-state index contributed by atoms with van der Waals surface area (Å²) in [4.78, 5) is 32.1. The van der Waals surface area contributed by atoms with Crippen LogP contribution in [-0.4, -0.2) is 45.0 Å². The highest BCUT2D eigenvalue weighted by atomic mass is 16.5. The van der Waals surface area contributed by atoms with Gasteiger partial charge in [0.25, 0.3) is 0 Å². The molecule has 0 aliphatic rings. The molecule has 2 aromatic rings. The number of carboxylic acids is 1. The van der Waals surface area contributed by atoms with Crippen molar-refractivity contribution in [2.75, 3.05) is 13.2 Å². The monoisotopic (exact) mass is 373 g/mol. The predicted octanol–water partition coefficient (Wildman–Crippen LogP) is 2.86. The van der Waals surface area contributed by atoms with Crippen LogP contribution in [0.1, 0.15) is 42.4 Å². The minimum Gasteiger partial charge on any atom is -0.494 e. The molecule has 1 aromatic heterocycles. The molecule has 0 atom stereocenters. The van der Waals surface area contributed by atoms with Gasteiger partial charge in [0.15, 0.2) is 0 Å². The van der Waals surface area contributed by atoms with E-state index in [0.717, 1.165) is 34.8 Å². The van der Waals surface area contributed by atoms with Crippen molar-refractivity contribution >= 4 is 11.9 Å². The Morgan fingerprint density at radius 2 is 2.07 bits per heavy atom. The van der Waals surface area contributed by atoms with E-state index in [1.807, 2.05) is 32.9 Å². The zero-order chi connectivity index (χ0) is 19.8. The van der Waals surface area contributed by atoms with Gasteiger partial charge in [-0.15, -0.1) is 0 Å². The molecule has 0 radical (unpaired) electrons. The Labute approximate surface area is 159 Å². The van der Waals surface area contributed by atoms with E-state index in [2.05, 4.69) is 16.0 Å². The van der Waals surface area contributed by atoms with Gasteiger partial charge in [0.1, 0.15) is 18.1 Å². The molecule has 2 rings (SSSR count). The molecule has 0 saturated carbocycles. The molecule has 1 amide bonds. The average molecular weight is 373 g/mol. The van der Waals surface area contributed by atoms with Crippen LogP contribution >= 0.6 is 0 Å². The number of benzene rings is 1. The van der Waals surface area contributed by atoms with Crippen molar-refractivity contribution in [2.45, 2.75) is 46.6 Å². The second-order valence-electron chi connectivity index (χ2n) is 6.52. The molecule has 0 aliphatic carbocycles. The summed E-state index contributed by atoms with van der Waals surface area (Å²) in [5.41, 5.74) is 2.93. The van der Waals surface area contributed by atoms with Crippen LogP contribution in [0.2, 0.25) is 0 Å². The molecular formula is C20H27N3O4. The first kappa shape index (κ1) is 20.5. The average Bonchev–Trinajstić information content (AvgIpc) is 3.01. The number of carboxylic acid groups (broad SMARTS) is 1. The lowest BCUT2D eigenvalue weighted by molar-refractivity contribution is -0.145. The van der Waals surface area contributed by atoms with Crippen LogP contribution in [0.3, 0.4) is 0 Å². The van der Waals surface area contributed by atoms with Gasteiger partial charge >= 0.3 is 5.97 Å². The second-order valence-corrected chi connectivity index (χ2v) is 6.52. The lowest BCUT2D eigenvalue weighted by atomic mass is 10.0. The van der Waals surface area contributed by atoms with Crippen LogP contribution in [0.5, 0.6) is 5.75 Å². The van der Waals surface area contributed by atoms with Crippen molar-refractivity contribution in [3.05, 3.63) is 47.0 Å². The lowest BCUT2D eigenvalue weighted by Gasteiger charge is -2.20. The largest absolute Gasteiger partial charge is 0.494 e. The van der Waals surface area contributed by atoms with Gasteiger partial charge in [0, 0.05) is 6.42 Å². The first-order chi connectivity index (χ1) is 12.9. The van der Waals surface area contributed by atoms with Crippen LogP contribution in [0.25, 0.3) is 0 Å². The van der Waals surface area contributed by atoms with Gasteiger partial charge in [-0.05, 0) is 50.8 Å². The molecule has 1 heterocycles. The molecule has 0 unspecified atom stereocenters. The number of nitrogens with one attached hydrogen (secondary N) is 1. The Morgan fingerprint density at radius 1 is 1.30 bits per heavy atom. The van der Waals surface area contributed by atoms with Gasteiger partial charge in [0.2, 0.25) is 5.91 Å². The van der Waals surface area contributed by atoms with Gasteiger partial charge in [-0.3, -0.25) is 9.59 Å². The highest BCUT2D eigenvalue weighted by Gasteiger charge is 2.18. The maximum absolute atomic E-state index is 12.5. The summed E-state index contributed by atoms with van der Waals surface area (Å²) >= 11 is 0. The van der Waals surface area contributed by atoms with E-state index in [-0.39, 0.29) is 19.0 Å². The molecule has 27 heavy (non-hydrogen) atoms. The fourth-order valence-corrected chi connectivity index (χ4v) is 2.94. The maximum atomic E-state index is 12.5. The zero-order valence-electron chi connectivity index (χ0n) is 16.1. The molecule has 0 aliphatic heterocycles. The van der Waals surface area contributed by atoms with Crippen molar-refractivity contribution < 1.29 is 19.4 Å². The molecule has 1 aromatic carbocycles. The molecule has 0 spiro atoms. The number of aromatic nitrogens is 2. The number of rotatable bonds is 10. The van der Waals surface area contributed by atoms with Crippen LogP contribution in [0.4, 0.5) is 0 Å². The molecule has 146 valence electrons. The maximum Gasteiger partial charge on any atom is 0.323 e. The number of ether oxygens (including phenoxy) is 1. The van der Waals surface area contributed by atoms with Crippen molar-refractivity contribution in [3.63, 3.8) is 0 Å². The normalized spacial score (nSPS) is 10.6. The third kappa shape index (κ3) is 6.44. The lowest BCUT2D eigenvalue weighted by Crippen LogP contribution is -2.35. The Kier molecular flexibility index (Phi) is 7.40. The summed E-state index contributed by atoms with van der Waals surface area (Å²) < 4.78 is 5.54. The minimum atomic E-state index is -1.03. The van der Waals surface area contributed by atoms with Crippen molar-refractivity contribution in [1.29, 1.82) is 0 Å². The van der Waals surface area contributed by atoms with Crippen LogP contribution in [0.15, 0.2) is 24.4 Å². The summed E-state index contributed by atoms with van der Waals surface area (Å²) in [7, 11) is 0. The number of aromatic amines is 1. The number of aliphatic carboxylic acids is 1. The van der Waals surface area contributed by atoms with Gasteiger partial charge in [-0.2, -0.15) is 0 Å². The fraction of sp³-hybridized carbons (Fsp3) is 0.450. The molecule has 0 saturated heterocycles. The topological polar surface area (TPSA) is 95.5 Å². The first-order valence-electron chi connectivity index (χ1n) is 9.11. The van der Waals surface area contributed by atoms with Crippen molar-refractivity contribution in [3.8, 4) is 5.75 Å². The van der Waals surface area contributed by atoms with E-state index in [9.17, 15) is 9.59 Å². The minimum absolute atomic E-state index is 0.174. The van der Waals surface area contributed by atoms with E-state index in [1.165, 1.54) is 4.90 Å². The standard InChI is InChI=1S/C20H27N3O4/c1-4-27-18-9-8-16(10-14(18)2)6-5-7-19(24)23(13-20(25)26)12-17-11-21-15(3)22-17/h8-11H,4-7,12-13H2,1-3H3,(H,21,22)(H,25,26). The van der Waals surface area contributed by atoms with Gasteiger partial charge < -0.3 is 19.7 Å². The molecule has 7 heteroatoms. The summed E-state index contributed by atoms with van der Waals surface area (Å²) in [5, 5.41) is 9.09. The molecule has 2 N–H and O–H groups in total. The SMILES string of the molecule is CCOc1ccc(CCCC(=O)N(CC(=O)O)Cc2cnc(C)[nH]2)cc1C. The predicted molar refractivity (Wildman–Crippen MR) is 102 cm³/mol. The number of aryl methyl sites for hydroxylation is 3. The van der Waals surface area contributed by atoms with Crippen LogP contribution in [0, 0.1) is 13.8 Å². The summed E-state index contributed by atoms with van der Waals surface area (Å²) in [5.74, 6) is 0.410. The van der Waals surface area contributed by atoms with E-state index >= 15 is 0 Å². The number of nitrogens with zero attached hydrogens (tertiary/aromatic N) is 2. The number of hydrogen-bond acceptors (Lipinski definition) is 4. The third-order valence-electron chi connectivity index (χ3n) is 4.19. The zero-order valence-corrected chi connectivity index (χ0v) is 16.1. The Balaban J connectivity index is 1.90. The Morgan fingerprint density at radius 3 is 2.67 bits per heavy atom. The number of carbonyl (C=O) groups excluding carboxylic acids is 1. The first-order valence-corrected chi connectivity index (χ1v) is 9.11. The number of H-pyrrole nitrogens is 1. The van der Waals surface area contributed by atoms with E-state index < -0.39 is 5.97 Å². The summed E-state index contributed by atoms with van der Waals surface area (Å²) in [6.45, 7) is 6.29. The molecule has 7 nitrogen and oxygen atoms in total. The number of carbonyl (C=O) groups is 2. The van der Waals surface area contributed by atoms with Gasteiger partial charge in [-0.25, -0.2) is 4.98 Å². The van der Waals surface area contributed by atoms with Crippen molar-refractivity contribution in [1.82, 2.24) is 14.9 Å². The highest BCUT2D eigenvalue weighted by Crippen LogP contribution is 2.20. The van der Waals surface area contributed by atoms with Gasteiger partial charge in [-0.1, -0.05) is 12.1 Å². The number of amides is 1. The van der Waals surface area contributed by atoms with Gasteiger partial charge in [0.05, 0.1) is 25.0 Å². The van der Waals surface area contributed by atoms with Crippen LogP contribution < -0.4 is 4.74 Å². The fourth-order valence-electron chi connectivity index (χ4n) is 2.94. The molecular weight excluding hydrogens is 346 g/mol. The summed E-state index contributed by atoms with van der Waals surface area (Å²) in [6, 6.07) is 6.02. The Hall–Kier alpha value is -2.83. The quantitative estimate of drug-likeness (QED) is 0.668. The summed E-state index contributed by atoms with van der Waals surface area (Å²) in [6.07, 6.45) is 3.33. The molecule has 0 fully saturated rings. The number of imidazole rings is 1. The molecule has 0 bridgehead atoms.